The zero-order chi connectivity index (χ0) is 13.7. The van der Waals surface area contributed by atoms with Gasteiger partial charge in [0.2, 0.25) is 0 Å². The Morgan fingerprint density at radius 2 is 2.00 bits per heavy atom. The molecular formula is C17H27NO. The number of ether oxygens (including phenoxy) is 1. The van der Waals surface area contributed by atoms with E-state index in [0.29, 0.717) is 6.04 Å². The molecule has 0 fully saturated rings. The van der Waals surface area contributed by atoms with Crippen LogP contribution in [0, 0.1) is 0 Å². The van der Waals surface area contributed by atoms with Gasteiger partial charge in [-0.2, -0.15) is 0 Å². The summed E-state index contributed by atoms with van der Waals surface area (Å²) in [5, 5.41) is 3.53. The Balaban J connectivity index is 1.80. The fraction of sp³-hybridized carbons (Fsp3) is 0.647. The molecule has 2 rings (SSSR count). The van der Waals surface area contributed by atoms with Crippen molar-refractivity contribution in [1.29, 1.82) is 0 Å². The van der Waals surface area contributed by atoms with Gasteiger partial charge in [-0.3, -0.25) is 0 Å². The molecule has 0 heterocycles. The molecule has 1 aliphatic rings. The molecule has 2 heteroatoms. The van der Waals surface area contributed by atoms with Gasteiger partial charge in [0.1, 0.15) is 11.9 Å². The van der Waals surface area contributed by atoms with Crippen LogP contribution in [-0.2, 0) is 12.8 Å². The van der Waals surface area contributed by atoms with Gasteiger partial charge in [-0.15, -0.1) is 0 Å². The third kappa shape index (κ3) is 4.24. The number of hydrogen-bond acceptors (Lipinski definition) is 2. The molecule has 0 spiro atoms. The van der Waals surface area contributed by atoms with E-state index in [1.54, 1.807) is 0 Å². The maximum absolute atomic E-state index is 6.01. The quantitative estimate of drug-likeness (QED) is 0.807. The summed E-state index contributed by atoms with van der Waals surface area (Å²) < 4.78 is 6.01. The van der Waals surface area contributed by atoms with Crippen molar-refractivity contribution in [3.63, 3.8) is 0 Å². The van der Waals surface area contributed by atoms with Crippen LogP contribution in [0.1, 0.15) is 51.2 Å². The Labute approximate surface area is 117 Å². The predicted octanol–water partition coefficient (Wildman–Crippen LogP) is 3.72. The summed E-state index contributed by atoms with van der Waals surface area (Å²) in [4.78, 5) is 0. The van der Waals surface area contributed by atoms with E-state index in [0.717, 1.165) is 12.3 Å². The molecule has 2 nitrogen and oxygen atoms in total. The molecule has 0 radical (unpaired) electrons. The van der Waals surface area contributed by atoms with Gasteiger partial charge in [0.15, 0.2) is 0 Å². The second-order valence-electron chi connectivity index (χ2n) is 5.81. The lowest BCUT2D eigenvalue weighted by atomic mass is 10.1. The molecule has 0 aliphatic heterocycles. The molecule has 0 aromatic heterocycles. The molecule has 0 saturated carbocycles. The van der Waals surface area contributed by atoms with Crippen molar-refractivity contribution in [1.82, 2.24) is 5.32 Å². The maximum Gasteiger partial charge on any atom is 0.120 e. The predicted molar refractivity (Wildman–Crippen MR) is 80.9 cm³/mol. The maximum atomic E-state index is 6.01. The average Bonchev–Trinajstić information content (AvgIpc) is 2.84. The van der Waals surface area contributed by atoms with Crippen LogP contribution < -0.4 is 10.1 Å². The van der Waals surface area contributed by atoms with Crippen LogP contribution >= 0.6 is 0 Å². The van der Waals surface area contributed by atoms with Gasteiger partial charge in [0, 0.05) is 12.6 Å². The molecule has 0 saturated heterocycles. The number of rotatable bonds is 7. The topological polar surface area (TPSA) is 21.3 Å². The van der Waals surface area contributed by atoms with Gasteiger partial charge in [-0.05, 0) is 62.8 Å². The van der Waals surface area contributed by atoms with E-state index in [1.807, 2.05) is 0 Å². The Kier molecular flexibility index (Phi) is 5.26. The van der Waals surface area contributed by atoms with Crippen LogP contribution in [0.5, 0.6) is 5.75 Å². The molecule has 0 bridgehead atoms. The monoisotopic (exact) mass is 261 g/mol. The van der Waals surface area contributed by atoms with E-state index < -0.39 is 0 Å². The van der Waals surface area contributed by atoms with E-state index in [2.05, 4.69) is 44.3 Å². The summed E-state index contributed by atoms with van der Waals surface area (Å²) in [6.07, 6.45) is 6.43. The molecule has 106 valence electrons. The number of nitrogens with one attached hydrogen (secondary N) is 1. The minimum atomic E-state index is 0.221. The van der Waals surface area contributed by atoms with Crippen molar-refractivity contribution in [3.8, 4) is 5.75 Å². The Morgan fingerprint density at radius 1 is 1.21 bits per heavy atom. The molecule has 19 heavy (non-hydrogen) atoms. The Morgan fingerprint density at radius 3 is 2.79 bits per heavy atom. The van der Waals surface area contributed by atoms with E-state index in [9.17, 15) is 0 Å². The van der Waals surface area contributed by atoms with Gasteiger partial charge in [-0.25, -0.2) is 0 Å². The molecule has 2 atom stereocenters. The van der Waals surface area contributed by atoms with E-state index >= 15 is 0 Å². The van der Waals surface area contributed by atoms with Crippen LogP contribution in [0.2, 0.25) is 0 Å². The fourth-order valence-corrected chi connectivity index (χ4v) is 2.80. The van der Waals surface area contributed by atoms with Crippen molar-refractivity contribution in [3.05, 3.63) is 29.3 Å². The number of benzene rings is 1. The van der Waals surface area contributed by atoms with Crippen molar-refractivity contribution >= 4 is 0 Å². The van der Waals surface area contributed by atoms with Gasteiger partial charge in [0.25, 0.3) is 0 Å². The highest BCUT2D eigenvalue weighted by molar-refractivity contribution is 5.38. The number of hydrogen-bond donors (Lipinski definition) is 1. The van der Waals surface area contributed by atoms with Gasteiger partial charge in [-0.1, -0.05) is 19.4 Å². The highest BCUT2D eigenvalue weighted by atomic mass is 16.5. The zero-order valence-corrected chi connectivity index (χ0v) is 12.5. The standard InChI is InChI=1S/C17H27NO/c1-4-6-13(2)18-12-14(3)19-17-10-9-15-7-5-8-16(15)11-17/h9-11,13-14,18H,4-8,12H2,1-3H3. The van der Waals surface area contributed by atoms with Crippen LogP contribution in [-0.4, -0.2) is 18.7 Å². The summed E-state index contributed by atoms with van der Waals surface area (Å²) in [6.45, 7) is 7.52. The highest BCUT2D eigenvalue weighted by Gasteiger charge is 2.12. The van der Waals surface area contributed by atoms with E-state index in [-0.39, 0.29) is 6.10 Å². The fourth-order valence-electron chi connectivity index (χ4n) is 2.80. The minimum absolute atomic E-state index is 0.221. The van der Waals surface area contributed by atoms with Crippen LogP contribution in [0.4, 0.5) is 0 Å². The Bertz CT molecular complexity index is 402. The highest BCUT2D eigenvalue weighted by Crippen LogP contribution is 2.26. The summed E-state index contributed by atoms with van der Waals surface area (Å²) >= 11 is 0. The lowest BCUT2D eigenvalue weighted by Gasteiger charge is -2.19. The summed E-state index contributed by atoms with van der Waals surface area (Å²) in [7, 11) is 0. The third-order valence-corrected chi connectivity index (χ3v) is 3.88. The molecule has 0 amide bonds. The van der Waals surface area contributed by atoms with Crippen LogP contribution in [0.15, 0.2) is 18.2 Å². The molecule has 1 aliphatic carbocycles. The third-order valence-electron chi connectivity index (χ3n) is 3.88. The minimum Gasteiger partial charge on any atom is -0.489 e. The lowest BCUT2D eigenvalue weighted by molar-refractivity contribution is 0.211. The largest absolute Gasteiger partial charge is 0.489 e. The molecule has 1 aromatic rings. The SMILES string of the molecule is CCCC(C)NCC(C)Oc1ccc2c(c1)CCC2. The summed E-state index contributed by atoms with van der Waals surface area (Å²) in [5.41, 5.74) is 2.99. The smallest absolute Gasteiger partial charge is 0.120 e. The first-order valence-corrected chi connectivity index (χ1v) is 7.71. The van der Waals surface area contributed by atoms with Gasteiger partial charge in [0.05, 0.1) is 0 Å². The lowest BCUT2D eigenvalue weighted by Crippen LogP contribution is -2.34. The first-order chi connectivity index (χ1) is 9.19. The van der Waals surface area contributed by atoms with Gasteiger partial charge < -0.3 is 10.1 Å². The van der Waals surface area contributed by atoms with Crippen molar-refractivity contribution in [2.45, 2.75) is 65.0 Å². The van der Waals surface area contributed by atoms with E-state index in [1.165, 1.54) is 43.2 Å². The van der Waals surface area contributed by atoms with E-state index in [4.69, 9.17) is 4.74 Å². The summed E-state index contributed by atoms with van der Waals surface area (Å²) in [5.74, 6) is 1.03. The van der Waals surface area contributed by atoms with Gasteiger partial charge >= 0.3 is 0 Å². The molecule has 1 N–H and O–H groups in total. The first kappa shape index (κ1) is 14.4. The second-order valence-corrected chi connectivity index (χ2v) is 5.81. The zero-order valence-electron chi connectivity index (χ0n) is 12.5. The van der Waals surface area contributed by atoms with Crippen LogP contribution in [0.25, 0.3) is 0 Å². The summed E-state index contributed by atoms with van der Waals surface area (Å²) in [6, 6.07) is 7.16. The first-order valence-electron chi connectivity index (χ1n) is 7.71. The second kappa shape index (κ2) is 6.95. The number of aryl methyl sites for hydroxylation is 2. The average molecular weight is 261 g/mol. The molecular weight excluding hydrogens is 234 g/mol. The van der Waals surface area contributed by atoms with Crippen molar-refractivity contribution in [2.24, 2.45) is 0 Å². The Hall–Kier alpha value is -1.02. The van der Waals surface area contributed by atoms with Crippen molar-refractivity contribution in [2.75, 3.05) is 6.54 Å². The normalized spacial score (nSPS) is 17.0. The van der Waals surface area contributed by atoms with Crippen molar-refractivity contribution < 1.29 is 4.74 Å². The molecule has 1 aromatic carbocycles. The molecule has 2 unspecified atom stereocenters. The van der Waals surface area contributed by atoms with Crippen LogP contribution in [0.3, 0.4) is 0 Å². The number of fused-ring (bicyclic) bond motifs is 1.